The van der Waals surface area contributed by atoms with Gasteiger partial charge in [-0.2, -0.15) is 0 Å². The molecule has 2 N–H and O–H groups in total. The van der Waals surface area contributed by atoms with Crippen LogP contribution in [0.25, 0.3) is 75.6 Å². The van der Waals surface area contributed by atoms with Crippen LogP contribution in [0.15, 0.2) is 97.1 Å². The van der Waals surface area contributed by atoms with Crippen LogP contribution in [0.2, 0.25) is 0 Å². The van der Waals surface area contributed by atoms with Crippen LogP contribution in [0, 0.1) is 0 Å². The third-order valence-corrected chi connectivity index (χ3v) is 8.69. The number of hydrogen-bond acceptors (Lipinski definition) is 6. The fourth-order valence-electron chi connectivity index (χ4n) is 4.61. The first-order chi connectivity index (χ1) is 18.8. The van der Waals surface area contributed by atoms with Crippen molar-refractivity contribution >= 4 is 54.4 Å². The molecule has 0 aliphatic rings. The van der Waals surface area contributed by atoms with Gasteiger partial charge in [-0.05, 0) is 24.3 Å². The van der Waals surface area contributed by atoms with Gasteiger partial charge in [-0.15, -0.1) is 0 Å². The van der Waals surface area contributed by atoms with Gasteiger partial charge in [-0.1, -0.05) is 95.5 Å². The van der Waals surface area contributed by atoms with Crippen LogP contribution in [-0.4, -0.2) is 29.9 Å². The number of thiazole rings is 2. The zero-order chi connectivity index (χ0) is 25.1. The van der Waals surface area contributed by atoms with E-state index >= 15 is 0 Å². The second kappa shape index (κ2) is 8.44. The van der Waals surface area contributed by atoms with Gasteiger partial charge in [0.1, 0.15) is 21.7 Å². The molecule has 0 atom stereocenters. The minimum absolute atomic E-state index is 0.871. The molecule has 0 fully saturated rings. The average Bonchev–Trinajstić information content (AvgIpc) is 3.74. The lowest BCUT2D eigenvalue weighted by molar-refractivity contribution is 1.33. The van der Waals surface area contributed by atoms with Gasteiger partial charge in [0.05, 0.1) is 22.1 Å². The molecule has 0 aliphatic carbocycles. The van der Waals surface area contributed by atoms with Crippen molar-refractivity contribution < 1.29 is 0 Å². The summed E-state index contributed by atoms with van der Waals surface area (Å²) in [5, 5.41) is 1.95. The van der Waals surface area contributed by atoms with Gasteiger partial charge in [0.25, 0.3) is 0 Å². The van der Waals surface area contributed by atoms with Crippen molar-refractivity contribution in [3.8, 4) is 43.9 Å². The molecule has 4 heterocycles. The quantitative estimate of drug-likeness (QED) is 0.242. The Morgan fingerprint density at radius 1 is 0.421 bits per heavy atom. The van der Waals surface area contributed by atoms with Crippen molar-refractivity contribution in [3.05, 3.63) is 97.1 Å². The third kappa shape index (κ3) is 3.61. The zero-order valence-corrected chi connectivity index (χ0v) is 21.5. The zero-order valence-electron chi connectivity index (χ0n) is 19.8. The van der Waals surface area contributed by atoms with Crippen molar-refractivity contribution in [2.24, 2.45) is 0 Å². The van der Waals surface area contributed by atoms with E-state index in [1.165, 1.54) is 0 Å². The highest BCUT2D eigenvalue weighted by Crippen LogP contribution is 2.37. The summed E-state index contributed by atoms with van der Waals surface area (Å²) in [5.74, 6) is 1.74. The Morgan fingerprint density at radius 2 is 0.816 bits per heavy atom. The number of H-pyrrole nitrogens is 2. The molecule has 0 unspecified atom stereocenters. The van der Waals surface area contributed by atoms with Crippen LogP contribution < -0.4 is 0 Å². The summed E-state index contributed by atoms with van der Waals surface area (Å²) in [6.07, 6.45) is 0. The minimum atomic E-state index is 0.871. The Hall–Kier alpha value is -4.66. The number of nitrogens with one attached hydrogen (secondary N) is 2. The van der Waals surface area contributed by atoms with E-state index in [2.05, 4.69) is 58.5 Å². The Bertz CT molecular complexity index is 1830. The maximum absolute atomic E-state index is 4.89. The summed E-state index contributed by atoms with van der Waals surface area (Å²) >= 11 is 3.25. The lowest BCUT2D eigenvalue weighted by Crippen LogP contribution is -1.82. The molecule has 8 rings (SSSR count). The van der Waals surface area contributed by atoms with Crippen LogP contribution in [0.3, 0.4) is 0 Å². The number of para-hydroxylation sites is 4. The SMILES string of the molecule is c1ccc2[nH]c(-c3ccc(-c4nc5sc(-c6ccc(-c7nc8ccccc8[nH]7)cc6)nc5s4)cc3)nc2c1. The summed E-state index contributed by atoms with van der Waals surface area (Å²) < 4.78 is 0. The fourth-order valence-corrected chi connectivity index (χ4v) is 6.66. The monoisotopic (exact) mass is 526 g/mol. The van der Waals surface area contributed by atoms with E-state index < -0.39 is 0 Å². The highest BCUT2D eigenvalue weighted by Gasteiger charge is 2.14. The second-order valence-electron chi connectivity index (χ2n) is 9.01. The molecule has 0 amide bonds. The topological polar surface area (TPSA) is 83.1 Å². The summed E-state index contributed by atoms with van der Waals surface area (Å²) in [7, 11) is 0. The van der Waals surface area contributed by atoms with Gasteiger partial charge in [-0.25, -0.2) is 19.9 Å². The van der Waals surface area contributed by atoms with Gasteiger partial charge < -0.3 is 9.97 Å². The number of rotatable bonds is 4. The standard InChI is InChI=1S/C30H18N6S2/c1-2-6-22-21(5-1)31-25(32-22)17-9-13-19(14-10-17)27-35-29-30(37-27)36-28(38-29)20-15-11-18(12-16-20)26-33-23-7-3-4-8-24(23)34-26/h1-16H,(H,31,32)(H,33,34). The minimum Gasteiger partial charge on any atom is -0.338 e. The molecule has 0 bridgehead atoms. The number of aromatic nitrogens is 6. The smallest absolute Gasteiger partial charge is 0.155 e. The van der Waals surface area contributed by atoms with E-state index in [1.54, 1.807) is 22.7 Å². The van der Waals surface area contributed by atoms with Crippen molar-refractivity contribution in [2.75, 3.05) is 0 Å². The molecule has 8 aromatic rings. The van der Waals surface area contributed by atoms with E-state index in [0.29, 0.717) is 0 Å². The van der Waals surface area contributed by atoms with Crippen molar-refractivity contribution in [1.29, 1.82) is 0 Å². The van der Waals surface area contributed by atoms with E-state index in [4.69, 9.17) is 19.9 Å². The summed E-state index contributed by atoms with van der Waals surface area (Å²) in [5.41, 5.74) is 8.28. The Labute approximate surface area is 224 Å². The molecule has 0 radical (unpaired) electrons. The molecule has 0 spiro atoms. The predicted molar refractivity (Wildman–Crippen MR) is 156 cm³/mol. The molecule has 180 valence electrons. The number of nitrogens with zero attached hydrogens (tertiary/aromatic N) is 4. The van der Waals surface area contributed by atoms with Crippen LogP contribution in [0.5, 0.6) is 0 Å². The third-order valence-electron chi connectivity index (χ3n) is 6.57. The molecule has 0 saturated carbocycles. The number of aromatic amines is 2. The molecular formula is C30H18N6S2. The maximum atomic E-state index is 4.89. The lowest BCUT2D eigenvalue weighted by atomic mass is 10.1. The highest BCUT2D eigenvalue weighted by molar-refractivity contribution is 7.29. The molecular weight excluding hydrogens is 509 g/mol. The van der Waals surface area contributed by atoms with E-state index in [9.17, 15) is 0 Å². The molecule has 4 aromatic carbocycles. The van der Waals surface area contributed by atoms with E-state index in [0.717, 1.165) is 75.6 Å². The van der Waals surface area contributed by atoms with Crippen LogP contribution >= 0.6 is 22.7 Å². The molecule has 4 aromatic heterocycles. The summed E-state index contributed by atoms with van der Waals surface area (Å²) in [4.78, 5) is 27.9. The first kappa shape index (κ1) is 21.4. The van der Waals surface area contributed by atoms with Gasteiger partial charge in [-0.3, -0.25) is 0 Å². The van der Waals surface area contributed by atoms with Gasteiger partial charge >= 0.3 is 0 Å². The fraction of sp³-hybridized carbons (Fsp3) is 0. The second-order valence-corrected chi connectivity index (χ2v) is 11.0. The number of fused-ring (bicyclic) bond motifs is 3. The first-order valence-corrected chi connectivity index (χ1v) is 13.8. The number of benzene rings is 4. The molecule has 0 saturated heterocycles. The maximum Gasteiger partial charge on any atom is 0.155 e. The number of hydrogen-bond donors (Lipinski definition) is 2. The van der Waals surface area contributed by atoms with Crippen LogP contribution in [0.4, 0.5) is 0 Å². The molecule has 38 heavy (non-hydrogen) atoms. The first-order valence-electron chi connectivity index (χ1n) is 12.2. The summed E-state index contributed by atoms with van der Waals surface area (Å²) in [6.45, 7) is 0. The van der Waals surface area contributed by atoms with E-state index in [1.807, 2.05) is 48.5 Å². The van der Waals surface area contributed by atoms with E-state index in [-0.39, 0.29) is 0 Å². The Morgan fingerprint density at radius 3 is 1.24 bits per heavy atom. The van der Waals surface area contributed by atoms with Crippen molar-refractivity contribution in [1.82, 2.24) is 29.9 Å². The lowest BCUT2D eigenvalue weighted by Gasteiger charge is -2.00. The number of imidazole rings is 2. The Kier molecular flexibility index (Phi) is 4.76. The Balaban J connectivity index is 1.05. The van der Waals surface area contributed by atoms with Gasteiger partial charge in [0.15, 0.2) is 9.66 Å². The molecule has 6 nitrogen and oxygen atoms in total. The molecule has 8 heteroatoms. The van der Waals surface area contributed by atoms with Crippen LogP contribution in [0.1, 0.15) is 0 Å². The van der Waals surface area contributed by atoms with Gasteiger partial charge in [0.2, 0.25) is 0 Å². The van der Waals surface area contributed by atoms with Crippen molar-refractivity contribution in [2.45, 2.75) is 0 Å². The predicted octanol–water partition coefficient (Wildman–Crippen LogP) is 8.17. The van der Waals surface area contributed by atoms with Crippen LogP contribution in [-0.2, 0) is 0 Å². The highest BCUT2D eigenvalue weighted by atomic mass is 32.1. The van der Waals surface area contributed by atoms with Crippen molar-refractivity contribution in [3.63, 3.8) is 0 Å². The van der Waals surface area contributed by atoms with Gasteiger partial charge in [0, 0.05) is 22.3 Å². The normalized spacial score (nSPS) is 11.7. The largest absolute Gasteiger partial charge is 0.338 e. The summed E-state index contributed by atoms with van der Waals surface area (Å²) in [6, 6.07) is 32.9. The molecule has 0 aliphatic heterocycles. The average molecular weight is 527 g/mol.